The number of nitrogens with one attached hydrogen (secondary N) is 1. The lowest BCUT2D eigenvalue weighted by Crippen LogP contribution is -2.51. The molecular formula is C40H40ClN11O2. The SMILES string of the molecule is COC(=O)[C@@H]1Cc2c([nH]c3ccccc23)[C@H](c2ccc(Cl)cc2)N1c1nc(N2CCN(c3ccccn3)CC2)nc(N2CCN(c3ccccn3)CC2)n1. The molecule has 2 aromatic carbocycles. The van der Waals surface area contributed by atoms with Crippen molar-refractivity contribution in [3.05, 3.63) is 119 Å². The summed E-state index contributed by atoms with van der Waals surface area (Å²) in [6.45, 7) is 5.82. The van der Waals surface area contributed by atoms with Crippen molar-refractivity contribution in [2.45, 2.75) is 18.5 Å². The number of ether oxygens (including phenoxy) is 1. The van der Waals surface area contributed by atoms with Crippen molar-refractivity contribution in [2.75, 3.05) is 84.0 Å². The Balaban J connectivity index is 1.14. The number of methoxy groups -OCH3 is 1. The van der Waals surface area contributed by atoms with Crippen molar-refractivity contribution in [3.63, 3.8) is 0 Å². The first-order chi connectivity index (χ1) is 26.5. The van der Waals surface area contributed by atoms with Crippen molar-refractivity contribution < 1.29 is 9.53 Å². The van der Waals surface area contributed by atoms with Crippen LogP contribution in [-0.2, 0) is 16.0 Å². The van der Waals surface area contributed by atoms with E-state index in [2.05, 4.69) is 46.7 Å². The molecule has 0 spiro atoms. The molecule has 2 atom stereocenters. The molecule has 0 bridgehead atoms. The second-order valence-corrected chi connectivity index (χ2v) is 14.2. The molecule has 2 fully saturated rings. The second-order valence-electron chi connectivity index (χ2n) is 13.7. The predicted octanol–water partition coefficient (Wildman–Crippen LogP) is 5.14. The van der Waals surface area contributed by atoms with Crippen molar-refractivity contribution >= 4 is 58.0 Å². The minimum atomic E-state index is -0.715. The van der Waals surface area contributed by atoms with Crippen LogP contribution in [0.2, 0.25) is 5.02 Å². The van der Waals surface area contributed by atoms with Crippen LogP contribution in [0.1, 0.15) is 22.9 Å². The largest absolute Gasteiger partial charge is 0.467 e. The van der Waals surface area contributed by atoms with Gasteiger partial charge in [-0.05, 0) is 53.6 Å². The molecule has 0 radical (unpaired) electrons. The van der Waals surface area contributed by atoms with Gasteiger partial charge in [0, 0.05) is 92.8 Å². The molecule has 0 amide bonds. The van der Waals surface area contributed by atoms with E-state index < -0.39 is 12.1 Å². The first-order valence-corrected chi connectivity index (χ1v) is 18.7. The molecule has 7 heterocycles. The molecule has 13 nitrogen and oxygen atoms in total. The average molecular weight is 742 g/mol. The number of fused-ring (bicyclic) bond motifs is 3. The van der Waals surface area contributed by atoms with Gasteiger partial charge in [-0.2, -0.15) is 15.0 Å². The molecule has 0 saturated carbocycles. The Labute approximate surface area is 318 Å². The predicted molar refractivity (Wildman–Crippen MR) is 211 cm³/mol. The van der Waals surface area contributed by atoms with Gasteiger partial charge in [-0.15, -0.1) is 0 Å². The third-order valence-electron chi connectivity index (χ3n) is 10.7. The van der Waals surface area contributed by atoms with E-state index in [0.717, 1.165) is 65.5 Å². The van der Waals surface area contributed by atoms with Gasteiger partial charge in [0.1, 0.15) is 17.7 Å². The van der Waals surface area contributed by atoms with E-state index in [4.69, 9.17) is 31.3 Å². The Hall–Kier alpha value is -5.95. The molecule has 274 valence electrons. The van der Waals surface area contributed by atoms with E-state index in [9.17, 15) is 4.79 Å². The average Bonchev–Trinajstić information content (AvgIpc) is 3.62. The number of piperazine rings is 2. The van der Waals surface area contributed by atoms with Crippen LogP contribution >= 0.6 is 11.6 Å². The lowest BCUT2D eigenvalue weighted by molar-refractivity contribution is -0.142. The van der Waals surface area contributed by atoms with Crippen molar-refractivity contribution in [3.8, 4) is 0 Å². The summed E-state index contributed by atoms with van der Waals surface area (Å²) < 4.78 is 5.52. The minimum Gasteiger partial charge on any atom is -0.467 e. The van der Waals surface area contributed by atoms with Crippen LogP contribution in [0.4, 0.5) is 29.5 Å². The number of anilines is 5. The van der Waals surface area contributed by atoms with Gasteiger partial charge in [-0.25, -0.2) is 14.8 Å². The molecular weight excluding hydrogens is 702 g/mol. The number of hydrogen-bond donors (Lipinski definition) is 1. The van der Waals surface area contributed by atoms with Crippen molar-refractivity contribution in [1.82, 2.24) is 29.9 Å². The fraction of sp³-hybridized carbons (Fsp3) is 0.300. The molecule has 14 heteroatoms. The number of pyridine rings is 2. The van der Waals surface area contributed by atoms with Crippen LogP contribution < -0.4 is 24.5 Å². The van der Waals surface area contributed by atoms with Gasteiger partial charge in [0.15, 0.2) is 0 Å². The summed E-state index contributed by atoms with van der Waals surface area (Å²) in [5, 5.41) is 1.70. The molecule has 4 aromatic heterocycles. The Kier molecular flexibility index (Phi) is 9.07. The molecule has 1 N–H and O–H groups in total. The van der Waals surface area contributed by atoms with Gasteiger partial charge in [-0.3, -0.25) is 0 Å². The highest BCUT2D eigenvalue weighted by atomic mass is 35.5. The lowest BCUT2D eigenvalue weighted by atomic mass is 9.88. The van der Waals surface area contributed by atoms with Crippen LogP contribution in [0, 0.1) is 0 Å². The van der Waals surface area contributed by atoms with Gasteiger partial charge in [-0.1, -0.05) is 54.1 Å². The first kappa shape index (κ1) is 33.9. The number of hydrogen-bond acceptors (Lipinski definition) is 12. The van der Waals surface area contributed by atoms with E-state index in [0.29, 0.717) is 55.5 Å². The number of benzene rings is 2. The fourth-order valence-electron chi connectivity index (χ4n) is 7.94. The summed E-state index contributed by atoms with van der Waals surface area (Å²) in [6, 6.07) is 26.8. The van der Waals surface area contributed by atoms with Gasteiger partial charge >= 0.3 is 5.97 Å². The number of para-hydroxylation sites is 1. The zero-order valence-electron chi connectivity index (χ0n) is 29.9. The van der Waals surface area contributed by atoms with Crippen LogP contribution in [-0.4, -0.2) is 101 Å². The monoisotopic (exact) mass is 741 g/mol. The first-order valence-electron chi connectivity index (χ1n) is 18.3. The Bertz CT molecular complexity index is 2160. The lowest BCUT2D eigenvalue weighted by Gasteiger charge is -2.42. The number of aromatic amines is 1. The highest BCUT2D eigenvalue weighted by Gasteiger charge is 2.44. The molecule has 54 heavy (non-hydrogen) atoms. The summed E-state index contributed by atoms with van der Waals surface area (Å²) in [6.07, 6.45) is 4.07. The van der Waals surface area contributed by atoms with E-state index in [1.54, 1.807) is 0 Å². The van der Waals surface area contributed by atoms with Gasteiger partial charge in [0.05, 0.1) is 13.2 Å². The van der Waals surface area contributed by atoms with Gasteiger partial charge < -0.3 is 34.2 Å². The summed E-state index contributed by atoms with van der Waals surface area (Å²) in [5.41, 5.74) is 4.00. The molecule has 6 aromatic rings. The second kappa shape index (κ2) is 14.5. The Morgan fingerprint density at radius 1 is 0.685 bits per heavy atom. The normalized spacial score (nSPS) is 18.9. The number of nitrogens with zero attached hydrogens (tertiary/aromatic N) is 10. The molecule has 2 saturated heterocycles. The highest BCUT2D eigenvalue weighted by Crippen LogP contribution is 2.43. The number of carbonyl (C=O) groups is 1. The van der Waals surface area contributed by atoms with E-state index in [-0.39, 0.29) is 5.97 Å². The quantitative estimate of drug-likeness (QED) is 0.218. The maximum Gasteiger partial charge on any atom is 0.328 e. The maximum atomic E-state index is 14.0. The fourth-order valence-corrected chi connectivity index (χ4v) is 8.07. The van der Waals surface area contributed by atoms with Gasteiger partial charge in [0.2, 0.25) is 17.8 Å². The Morgan fingerprint density at radius 3 is 1.78 bits per heavy atom. The maximum absolute atomic E-state index is 14.0. The van der Waals surface area contributed by atoms with Crippen LogP contribution in [0.25, 0.3) is 10.9 Å². The van der Waals surface area contributed by atoms with Gasteiger partial charge in [0.25, 0.3) is 0 Å². The molecule has 0 unspecified atom stereocenters. The number of carbonyl (C=O) groups excluding carboxylic acids is 1. The minimum absolute atomic E-state index is 0.360. The number of H-pyrrole nitrogens is 1. The zero-order chi connectivity index (χ0) is 36.6. The number of rotatable bonds is 7. The van der Waals surface area contributed by atoms with Crippen molar-refractivity contribution in [2.24, 2.45) is 0 Å². The number of halogens is 1. The summed E-state index contributed by atoms with van der Waals surface area (Å²) in [5.74, 6) is 3.10. The topological polar surface area (TPSA) is 123 Å². The zero-order valence-corrected chi connectivity index (χ0v) is 30.7. The number of aromatic nitrogens is 6. The van der Waals surface area contributed by atoms with Crippen LogP contribution in [0.3, 0.4) is 0 Å². The standard InChI is InChI=1S/C40H40ClN11O2/c1-54-37(53)32-26-30-29-8-2-3-9-31(29)44-35(30)36(27-12-14-28(41)15-13-27)52(32)40-46-38(50-22-18-48(19-23-50)33-10-4-6-16-42-33)45-39(47-40)51-24-20-49(21-25-51)34-11-5-7-17-43-34/h2-17,32,36,44H,18-26H2,1H3/t32-,36-/m0/s1. The third-order valence-corrected chi connectivity index (χ3v) is 10.9. The third kappa shape index (κ3) is 6.38. The highest BCUT2D eigenvalue weighted by molar-refractivity contribution is 6.30. The van der Waals surface area contributed by atoms with Crippen LogP contribution in [0.5, 0.6) is 0 Å². The molecule has 3 aliphatic rings. The van der Waals surface area contributed by atoms with Crippen molar-refractivity contribution in [1.29, 1.82) is 0 Å². The van der Waals surface area contributed by atoms with E-state index >= 15 is 0 Å². The summed E-state index contributed by atoms with van der Waals surface area (Å²) in [4.78, 5) is 53.4. The molecule has 0 aliphatic carbocycles. The number of esters is 1. The van der Waals surface area contributed by atoms with E-state index in [1.807, 2.05) is 90.1 Å². The van der Waals surface area contributed by atoms with Crippen LogP contribution in [0.15, 0.2) is 97.3 Å². The summed E-state index contributed by atoms with van der Waals surface area (Å²) in [7, 11) is 1.44. The smallest absolute Gasteiger partial charge is 0.328 e. The summed E-state index contributed by atoms with van der Waals surface area (Å²) >= 11 is 6.43. The molecule has 9 rings (SSSR count). The van der Waals surface area contributed by atoms with E-state index in [1.165, 1.54) is 7.11 Å². The molecule has 3 aliphatic heterocycles. The Morgan fingerprint density at radius 2 is 1.22 bits per heavy atom.